The van der Waals surface area contributed by atoms with Crippen LogP contribution >= 0.6 is 0 Å². The van der Waals surface area contributed by atoms with Gasteiger partial charge in [-0.2, -0.15) is 0 Å². The van der Waals surface area contributed by atoms with Crippen molar-refractivity contribution in [3.8, 4) is 56.0 Å². The number of rotatable bonds is 0. The molecule has 9 aliphatic heterocycles. The number of hydrogen-bond donors (Lipinski definition) is 0. The van der Waals surface area contributed by atoms with E-state index in [0.29, 0.717) is 0 Å². The Morgan fingerprint density at radius 1 is 0.325 bits per heavy atom. The monoisotopic (exact) mass is 1220 g/mol. The van der Waals surface area contributed by atoms with Crippen LogP contribution in [0, 0.1) is 0 Å². The van der Waals surface area contributed by atoms with Crippen LogP contribution in [0.3, 0.4) is 0 Å². The third-order valence-corrected chi connectivity index (χ3v) is 19.9. The second kappa shape index (κ2) is 18.6. The summed E-state index contributed by atoms with van der Waals surface area (Å²) < 4.78 is 9.42. The average molecular weight is 1220 g/mol. The van der Waals surface area contributed by atoms with Gasteiger partial charge < -0.3 is 0 Å². The fourth-order valence-electron chi connectivity index (χ4n) is 12.3. The van der Waals surface area contributed by atoms with Gasteiger partial charge in [0.1, 0.15) is 0 Å². The summed E-state index contributed by atoms with van der Waals surface area (Å²) in [5.41, 5.74) is 26.3. The Bertz CT molecular complexity index is 3810. The number of hydrogen-bond acceptors (Lipinski definition) is 5. The first kappa shape index (κ1) is 48.7. The van der Waals surface area contributed by atoms with E-state index in [1.807, 2.05) is 0 Å². The maximum absolute atomic E-state index is 6.98. The van der Waals surface area contributed by atoms with Gasteiger partial charge >= 0.3 is 482 Å². The Morgan fingerprint density at radius 3 is 0.925 bits per heavy atom. The number of anilines is 8. The number of nitrogens with zero attached hydrogens (tertiary/aromatic N) is 4. The molecular weight excluding hydrogens is 1160 g/mol. The summed E-state index contributed by atoms with van der Waals surface area (Å²) in [6.45, 7) is 14.2. The minimum absolute atomic E-state index is 0.146. The van der Waals surface area contributed by atoms with Gasteiger partial charge in [-0.15, -0.1) is 0 Å². The predicted molar refractivity (Wildman–Crippen MR) is 331 cm³/mol. The summed E-state index contributed by atoms with van der Waals surface area (Å²) in [4.78, 5) is 10.5. The van der Waals surface area contributed by atoms with E-state index in [1.165, 1.54) is 97.6 Å². The zero-order valence-electron chi connectivity index (χ0n) is 46.1. The molecule has 6 heteroatoms. The van der Waals surface area contributed by atoms with Gasteiger partial charge in [0.2, 0.25) is 0 Å². The van der Waals surface area contributed by atoms with Crippen molar-refractivity contribution in [2.45, 2.75) is 78.1 Å². The second-order valence-electron chi connectivity index (χ2n) is 24.1. The molecule has 10 aromatic rings. The Morgan fingerprint density at radius 2 is 0.625 bits per heavy atom. The molecule has 9 heterocycles. The molecule has 0 aliphatic carbocycles. The zero-order valence-corrected chi connectivity index (χ0v) is 48.4. The summed E-state index contributed by atoms with van der Waals surface area (Å²) in [7, 11) is 0. The molecule has 0 atom stereocenters. The second-order valence-corrected chi connectivity index (χ2v) is 26.7. The number of fused-ring (bicyclic) bond motifs is 14. The van der Waals surface area contributed by atoms with Crippen LogP contribution in [0.25, 0.3) is 44.5 Å². The van der Waals surface area contributed by atoms with E-state index in [4.69, 9.17) is 4.74 Å². The van der Waals surface area contributed by atoms with E-state index in [9.17, 15) is 0 Å². The van der Waals surface area contributed by atoms with E-state index < -0.39 is 17.6 Å². The molecule has 9 aliphatic rings. The molecular formula is C74H62N4OPt. The van der Waals surface area contributed by atoms with Gasteiger partial charge in [0, 0.05) is 0 Å². The van der Waals surface area contributed by atoms with Gasteiger partial charge in [-0.3, -0.25) is 0 Å². The van der Waals surface area contributed by atoms with Crippen molar-refractivity contribution in [1.82, 2.24) is 0 Å². The SMILES string of the molecule is CC(C)(C)c1cc2c3c(c1)-c1ccc(cc1)CCc1ccc(cc1)-c1cc(C(C)(C)C)cc(c1N1[C]4=[Pt]=[C]5N(c6cccc(c6)Oc6cccc(c6)N4c4ccccc41)c1ccccc1N53)-c1ccc(cc1)CCc1ccc-2cc1. The van der Waals surface area contributed by atoms with Gasteiger partial charge in [-0.25, -0.2) is 0 Å². The molecule has 0 saturated heterocycles. The molecule has 394 valence electrons. The molecule has 0 unspecified atom stereocenters. The van der Waals surface area contributed by atoms with Crippen molar-refractivity contribution in [1.29, 1.82) is 0 Å². The Balaban J connectivity index is 1.19. The van der Waals surface area contributed by atoms with E-state index in [1.54, 1.807) is 0 Å². The molecule has 80 heavy (non-hydrogen) atoms. The fraction of sp³-hybridized carbons (Fsp3) is 0.162. The molecule has 0 fully saturated rings. The third kappa shape index (κ3) is 8.23. The van der Waals surface area contributed by atoms with E-state index in [2.05, 4.69) is 280 Å². The van der Waals surface area contributed by atoms with Crippen LogP contribution in [0.1, 0.15) is 74.9 Å². The summed E-state index contributed by atoms with van der Waals surface area (Å²) in [6.07, 6.45) is 3.76. The van der Waals surface area contributed by atoms with Crippen LogP contribution in [0.4, 0.5) is 45.5 Å². The van der Waals surface area contributed by atoms with E-state index >= 15 is 0 Å². The summed E-state index contributed by atoms with van der Waals surface area (Å²) in [5.74, 6) is 1.58. The predicted octanol–water partition coefficient (Wildman–Crippen LogP) is 18.8. The van der Waals surface area contributed by atoms with Crippen LogP contribution in [0.15, 0.2) is 218 Å². The van der Waals surface area contributed by atoms with Crippen LogP contribution < -0.4 is 24.3 Å². The number of para-hydroxylation sites is 4. The number of benzene rings is 10. The zero-order chi connectivity index (χ0) is 54.0. The quantitative estimate of drug-likeness (QED) is 0.150. The summed E-state index contributed by atoms with van der Waals surface area (Å²) in [5, 5.41) is 0. The standard InChI is InChI=1S/C74H62N4O.Pt/c1-73(2,3)57-41-63-53-33-25-49(26-34-53)21-23-51-29-37-55(38-30-51)65-43-58(74(4,5)6)44-66-56-39-31-52(32-40-56)24-22-50-27-35-54(36-28-50)64(42-57)71(63)77-47-75(67-17-7-9-19-69(67)77)59-13-11-15-61(45-59)79-62-16-12-14-60(46-62)76-48-78(72(65)66)70-20-10-8-18-68(70)76;/h7-20,25-46H,21-24H2,1-6H3;. The molecule has 0 radical (unpaired) electrons. The van der Waals surface area contributed by atoms with Crippen molar-refractivity contribution in [3.63, 3.8) is 0 Å². The third-order valence-electron chi connectivity index (χ3n) is 16.8. The molecule has 0 saturated carbocycles. The molecule has 0 N–H and O–H groups in total. The fourth-order valence-corrected chi connectivity index (χ4v) is 16.0. The Kier molecular flexibility index (Phi) is 11.3. The number of aryl methyl sites for hydroxylation is 4. The molecule has 5 nitrogen and oxygen atoms in total. The maximum atomic E-state index is 6.98. The van der Waals surface area contributed by atoms with Crippen LogP contribution in [0.2, 0.25) is 0 Å². The van der Waals surface area contributed by atoms with Crippen molar-refractivity contribution in [2.75, 3.05) is 19.6 Å². The first-order valence-electron chi connectivity index (χ1n) is 28.2. The van der Waals surface area contributed by atoms with Crippen molar-refractivity contribution >= 4 is 53.8 Å². The summed E-state index contributed by atoms with van der Waals surface area (Å²) in [6, 6.07) is 83.9. The van der Waals surface area contributed by atoms with Crippen LogP contribution in [-0.4, -0.2) is 8.29 Å². The van der Waals surface area contributed by atoms with Crippen molar-refractivity contribution in [3.05, 3.63) is 252 Å². The first-order valence-corrected chi connectivity index (χ1v) is 30.5. The van der Waals surface area contributed by atoms with E-state index in [-0.39, 0.29) is 10.8 Å². The molecule has 0 amide bonds. The summed E-state index contributed by atoms with van der Waals surface area (Å²) >= 11 is -1.25. The topological polar surface area (TPSA) is 22.2 Å². The Hall–Kier alpha value is -8.37. The van der Waals surface area contributed by atoms with Crippen molar-refractivity contribution < 1.29 is 22.4 Å². The van der Waals surface area contributed by atoms with Gasteiger partial charge in [0.05, 0.1) is 0 Å². The normalized spacial score (nSPS) is 14.9. The first-order chi connectivity index (χ1) is 38.9. The molecule has 16 bridgehead atoms. The molecule has 10 aromatic carbocycles. The minimum atomic E-state index is -1.25. The number of ether oxygens (including phenoxy) is 1. The van der Waals surface area contributed by atoms with Gasteiger partial charge in [0.25, 0.3) is 0 Å². The van der Waals surface area contributed by atoms with Crippen molar-refractivity contribution in [2.24, 2.45) is 0 Å². The average Bonchev–Trinajstić information content (AvgIpc) is 3.54. The van der Waals surface area contributed by atoms with Gasteiger partial charge in [-0.1, -0.05) is 0 Å². The Labute approximate surface area is 478 Å². The van der Waals surface area contributed by atoms with Crippen LogP contribution in [-0.2, 0) is 54.2 Å². The molecule has 0 aromatic heterocycles. The van der Waals surface area contributed by atoms with Gasteiger partial charge in [-0.05, 0) is 0 Å². The van der Waals surface area contributed by atoms with Gasteiger partial charge in [0.15, 0.2) is 0 Å². The van der Waals surface area contributed by atoms with Crippen LogP contribution in [0.5, 0.6) is 11.5 Å². The van der Waals surface area contributed by atoms with E-state index in [0.717, 1.165) is 71.3 Å². The molecule has 19 rings (SSSR count). The molecule has 0 spiro atoms.